The van der Waals surface area contributed by atoms with Crippen molar-refractivity contribution >= 4 is 21.9 Å². The Morgan fingerprint density at radius 1 is 1.69 bits per heavy atom. The smallest absolute Gasteiger partial charge is 0.326 e. The van der Waals surface area contributed by atoms with Crippen molar-refractivity contribution < 1.29 is 14.6 Å². The van der Waals surface area contributed by atoms with E-state index in [1.807, 2.05) is 0 Å². The van der Waals surface area contributed by atoms with Crippen molar-refractivity contribution in [3.8, 4) is 0 Å². The van der Waals surface area contributed by atoms with Crippen molar-refractivity contribution in [1.29, 1.82) is 0 Å². The fourth-order valence-corrected chi connectivity index (χ4v) is 1.42. The molecular formula is C10H13BrN2O3. The van der Waals surface area contributed by atoms with Gasteiger partial charge in [0.1, 0.15) is 6.04 Å². The molecule has 0 amide bonds. The number of carboxylic acid groups (broad SMARTS) is 1. The minimum Gasteiger partial charge on any atom is -0.480 e. The number of carbonyl (C=O) groups is 1. The van der Waals surface area contributed by atoms with Crippen molar-refractivity contribution in [2.24, 2.45) is 0 Å². The van der Waals surface area contributed by atoms with Gasteiger partial charge in [-0.2, -0.15) is 0 Å². The summed E-state index contributed by atoms with van der Waals surface area (Å²) >= 11 is 3.25. The third kappa shape index (κ3) is 3.88. The molecular weight excluding hydrogens is 276 g/mol. The fraction of sp³-hybridized carbons (Fsp3) is 0.400. The zero-order chi connectivity index (χ0) is 12.0. The van der Waals surface area contributed by atoms with E-state index >= 15 is 0 Å². The Balaban J connectivity index is 2.69. The maximum atomic E-state index is 11.0. The van der Waals surface area contributed by atoms with Crippen LogP contribution in [0.4, 0.5) is 0 Å². The van der Waals surface area contributed by atoms with E-state index in [1.54, 1.807) is 25.4 Å². The third-order valence-corrected chi connectivity index (χ3v) is 2.42. The highest BCUT2D eigenvalue weighted by Gasteiger charge is 2.19. The Kier molecular flexibility index (Phi) is 5.37. The zero-order valence-electron chi connectivity index (χ0n) is 8.81. The van der Waals surface area contributed by atoms with Crippen LogP contribution in [0.1, 0.15) is 11.7 Å². The predicted molar refractivity (Wildman–Crippen MR) is 62.2 cm³/mol. The number of aromatic nitrogens is 1. The first kappa shape index (κ1) is 13.1. The Labute approximate surface area is 102 Å². The van der Waals surface area contributed by atoms with Crippen LogP contribution in [0.5, 0.6) is 0 Å². The van der Waals surface area contributed by atoms with Gasteiger partial charge in [-0.3, -0.25) is 15.1 Å². The van der Waals surface area contributed by atoms with E-state index in [1.165, 1.54) is 0 Å². The molecule has 0 radical (unpaired) electrons. The monoisotopic (exact) mass is 288 g/mol. The van der Waals surface area contributed by atoms with Gasteiger partial charge in [-0.15, -0.1) is 0 Å². The molecule has 0 saturated heterocycles. The third-order valence-electron chi connectivity index (χ3n) is 1.95. The van der Waals surface area contributed by atoms with Gasteiger partial charge in [0.25, 0.3) is 0 Å². The molecule has 0 spiro atoms. The number of pyridine rings is 1. The SMILES string of the molecule is COCCNC(C(=O)O)c1ccc(Br)cn1. The van der Waals surface area contributed by atoms with Gasteiger partial charge in [0.05, 0.1) is 12.3 Å². The predicted octanol–water partition coefficient (Wildman–Crippen LogP) is 1.21. The Bertz CT molecular complexity index is 342. The zero-order valence-corrected chi connectivity index (χ0v) is 10.4. The number of carboxylic acids is 1. The highest BCUT2D eigenvalue weighted by molar-refractivity contribution is 9.10. The van der Waals surface area contributed by atoms with Crippen LogP contribution < -0.4 is 5.32 Å². The number of nitrogens with zero attached hydrogens (tertiary/aromatic N) is 1. The maximum Gasteiger partial charge on any atom is 0.326 e. The van der Waals surface area contributed by atoms with Gasteiger partial charge in [0, 0.05) is 24.3 Å². The normalized spacial score (nSPS) is 12.4. The van der Waals surface area contributed by atoms with Crippen molar-refractivity contribution in [3.05, 3.63) is 28.5 Å². The van der Waals surface area contributed by atoms with Gasteiger partial charge in [-0.25, -0.2) is 0 Å². The minimum atomic E-state index is -0.953. The molecule has 0 bridgehead atoms. The van der Waals surface area contributed by atoms with E-state index in [0.717, 1.165) is 4.47 Å². The number of rotatable bonds is 6. The number of ether oxygens (including phenoxy) is 1. The second-order valence-corrected chi connectivity index (χ2v) is 4.04. The summed E-state index contributed by atoms with van der Waals surface area (Å²) in [4.78, 5) is 15.1. The van der Waals surface area contributed by atoms with Crippen molar-refractivity contribution in [2.45, 2.75) is 6.04 Å². The number of halogens is 1. The molecule has 0 aliphatic rings. The molecule has 1 atom stereocenters. The molecule has 1 aromatic rings. The number of methoxy groups -OCH3 is 1. The Hall–Kier alpha value is -0.980. The lowest BCUT2D eigenvalue weighted by molar-refractivity contribution is -0.139. The molecule has 6 heteroatoms. The van der Waals surface area contributed by atoms with Gasteiger partial charge in [0.15, 0.2) is 0 Å². The molecule has 5 nitrogen and oxygen atoms in total. The molecule has 0 saturated carbocycles. The second kappa shape index (κ2) is 6.57. The van der Waals surface area contributed by atoms with Crippen LogP contribution in [0.25, 0.3) is 0 Å². The average Bonchev–Trinajstić information content (AvgIpc) is 2.26. The molecule has 0 aliphatic carbocycles. The lowest BCUT2D eigenvalue weighted by atomic mass is 10.2. The number of hydrogen-bond donors (Lipinski definition) is 2. The summed E-state index contributed by atoms with van der Waals surface area (Å²) in [6, 6.07) is 2.63. The highest BCUT2D eigenvalue weighted by atomic mass is 79.9. The highest BCUT2D eigenvalue weighted by Crippen LogP contribution is 2.13. The van der Waals surface area contributed by atoms with Crippen LogP contribution >= 0.6 is 15.9 Å². The van der Waals surface area contributed by atoms with Gasteiger partial charge in [-0.05, 0) is 28.1 Å². The van der Waals surface area contributed by atoms with E-state index in [2.05, 4.69) is 26.2 Å². The van der Waals surface area contributed by atoms with E-state index in [0.29, 0.717) is 18.8 Å². The van der Waals surface area contributed by atoms with Gasteiger partial charge in [0.2, 0.25) is 0 Å². The molecule has 0 aromatic carbocycles. The van der Waals surface area contributed by atoms with Gasteiger partial charge in [-0.1, -0.05) is 0 Å². The van der Waals surface area contributed by atoms with Crippen LogP contribution in [0.15, 0.2) is 22.8 Å². The average molecular weight is 289 g/mol. The summed E-state index contributed by atoms with van der Waals surface area (Å²) in [5.41, 5.74) is 0.479. The van der Waals surface area contributed by atoms with Crippen LogP contribution in [0.2, 0.25) is 0 Å². The molecule has 2 N–H and O–H groups in total. The standard InChI is InChI=1S/C10H13BrN2O3/c1-16-5-4-12-9(10(14)15)8-3-2-7(11)6-13-8/h2-3,6,9,12H,4-5H2,1H3,(H,14,15). The molecule has 88 valence electrons. The Morgan fingerprint density at radius 2 is 2.44 bits per heavy atom. The first-order chi connectivity index (χ1) is 7.65. The van der Waals surface area contributed by atoms with Crippen LogP contribution in [-0.2, 0) is 9.53 Å². The number of aliphatic carboxylic acids is 1. The second-order valence-electron chi connectivity index (χ2n) is 3.12. The molecule has 1 aromatic heterocycles. The van der Waals surface area contributed by atoms with E-state index in [-0.39, 0.29) is 0 Å². The first-order valence-electron chi connectivity index (χ1n) is 4.71. The number of hydrogen-bond acceptors (Lipinski definition) is 4. The molecule has 1 heterocycles. The Morgan fingerprint density at radius 3 is 2.94 bits per heavy atom. The summed E-state index contributed by atoms with van der Waals surface area (Å²) in [6.07, 6.45) is 1.57. The van der Waals surface area contributed by atoms with Crippen molar-refractivity contribution in [3.63, 3.8) is 0 Å². The number of nitrogens with one attached hydrogen (secondary N) is 1. The molecule has 1 unspecified atom stereocenters. The summed E-state index contributed by atoms with van der Waals surface area (Å²) in [6.45, 7) is 0.922. The first-order valence-corrected chi connectivity index (χ1v) is 5.51. The van der Waals surface area contributed by atoms with Crippen LogP contribution in [0.3, 0.4) is 0 Å². The van der Waals surface area contributed by atoms with E-state index < -0.39 is 12.0 Å². The quantitative estimate of drug-likeness (QED) is 0.770. The molecule has 1 rings (SSSR count). The van der Waals surface area contributed by atoms with Crippen LogP contribution in [0, 0.1) is 0 Å². The molecule has 0 aliphatic heterocycles. The fourth-order valence-electron chi connectivity index (χ4n) is 1.18. The lowest BCUT2D eigenvalue weighted by Gasteiger charge is -2.13. The summed E-state index contributed by atoms with van der Waals surface area (Å²) in [5.74, 6) is -0.953. The summed E-state index contributed by atoms with van der Waals surface area (Å²) in [7, 11) is 1.56. The molecule has 0 fully saturated rings. The largest absolute Gasteiger partial charge is 0.480 e. The van der Waals surface area contributed by atoms with Gasteiger partial charge >= 0.3 is 5.97 Å². The van der Waals surface area contributed by atoms with Crippen LogP contribution in [-0.4, -0.2) is 36.3 Å². The topological polar surface area (TPSA) is 71.5 Å². The summed E-state index contributed by atoms with van der Waals surface area (Å²) in [5, 5.41) is 11.9. The van der Waals surface area contributed by atoms with E-state index in [9.17, 15) is 4.79 Å². The minimum absolute atomic E-state index is 0.459. The summed E-state index contributed by atoms with van der Waals surface area (Å²) < 4.78 is 5.66. The van der Waals surface area contributed by atoms with Gasteiger partial charge < -0.3 is 9.84 Å². The van der Waals surface area contributed by atoms with Crippen molar-refractivity contribution in [1.82, 2.24) is 10.3 Å². The lowest BCUT2D eigenvalue weighted by Crippen LogP contribution is -2.31. The maximum absolute atomic E-state index is 11.0. The molecule has 16 heavy (non-hydrogen) atoms. The van der Waals surface area contributed by atoms with Crippen molar-refractivity contribution in [2.75, 3.05) is 20.3 Å². The van der Waals surface area contributed by atoms with E-state index in [4.69, 9.17) is 9.84 Å².